The van der Waals surface area contributed by atoms with Crippen molar-refractivity contribution in [2.24, 2.45) is 0 Å². The molecule has 0 spiro atoms. The highest BCUT2D eigenvalue weighted by atomic mass is 127. The largest absolute Gasteiger partial charge is 0.507 e. The van der Waals surface area contributed by atoms with Gasteiger partial charge in [-0.25, -0.2) is 4.79 Å². The molecule has 1 unspecified atom stereocenters. The number of ether oxygens (including phenoxy) is 1. The average Bonchev–Trinajstić information content (AvgIpc) is 2.72. The number of aromatic hydroxyl groups is 1. The first-order valence-electron chi connectivity index (χ1n) is 10.8. The Hall–Kier alpha value is -1.92. The number of carbonyl (C=O) groups excluding carboxylic acids is 1. The lowest BCUT2D eigenvalue weighted by molar-refractivity contribution is -0.137. The molecule has 0 radical (unpaired) electrons. The van der Waals surface area contributed by atoms with Crippen LogP contribution < -0.4 is 5.32 Å². The number of nitrogens with one attached hydrogen (secondary N) is 1. The van der Waals surface area contributed by atoms with Gasteiger partial charge in [0.25, 0.3) is 0 Å². The van der Waals surface area contributed by atoms with Crippen LogP contribution >= 0.6 is 34.4 Å². The number of aryl methyl sites for hydroxylation is 1. The molecule has 0 aromatic heterocycles. The molecule has 0 aliphatic carbocycles. The number of aliphatic hydroxyl groups is 1. The Balaban J connectivity index is 2.17. The monoisotopic (exact) mass is 623 g/mol. The Labute approximate surface area is 221 Å². The minimum atomic E-state index is -4.50. The van der Waals surface area contributed by atoms with Crippen molar-refractivity contribution in [2.45, 2.75) is 67.1 Å². The molecule has 192 valence electrons. The molecule has 0 saturated carbocycles. The number of phenols is 1. The molecule has 35 heavy (non-hydrogen) atoms. The van der Waals surface area contributed by atoms with Gasteiger partial charge in [0, 0.05) is 8.47 Å². The van der Waals surface area contributed by atoms with Crippen molar-refractivity contribution < 1.29 is 32.9 Å². The molecule has 2 rings (SSSR count). The first-order valence-corrected chi connectivity index (χ1v) is 12.7. The highest BCUT2D eigenvalue weighted by molar-refractivity contribution is 14.1. The normalized spacial score (nSPS) is 13.7. The van der Waals surface area contributed by atoms with E-state index in [0.717, 1.165) is 39.1 Å². The topological polar surface area (TPSA) is 78.8 Å². The van der Waals surface area contributed by atoms with Gasteiger partial charge in [0.2, 0.25) is 0 Å². The maximum absolute atomic E-state index is 13.0. The first kappa shape index (κ1) is 29.3. The van der Waals surface area contributed by atoms with Crippen LogP contribution in [0, 0.1) is 3.57 Å². The fourth-order valence-electron chi connectivity index (χ4n) is 3.26. The predicted octanol–water partition coefficient (Wildman–Crippen LogP) is 6.93. The lowest BCUT2D eigenvalue weighted by Crippen LogP contribution is -2.52. The summed E-state index contributed by atoms with van der Waals surface area (Å²) < 4.78 is 45.3. The minimum absolute atomic E-state index is 0.107. The third kappa shape index (κ3) is 8.91. The van der Waals surface area contributed by atoms with Crippen LogP contribution in [0.1, 0.15) is 44.7 Å². The summed E-state index contributed by atoms with van der Waals surface area (Å²) in [4.78, 5) is 13.1. The van der Waals surface area contributed by atoms with Crippen molar-refractivity contribution >= 4 is 40.4 Å². The molecule has 3 N–H and O–H groups in total. The van der Waals surface area contributed by atoms with E-state index in [1.54, 1.807) is 32.9 Å². The number of amides is 1. The average molecular weight is 623 g/mol. The van der Waals surface area contributed by atoms with E-state index in [2.05, 4.69) is 34.5 Å². The van der Waals surface area contributed by atoms with Crippen molar-refractivity contribution in [3.8, 4) is 5.75 Å². The van der Waals surface area contributed by atoms with Gasteiger partial charge in [-0.3, -0.25) is 0 Å². The zero-order chi connectivity index (χ0) is 26.4. The summed E-state index contributed by atoms with van der Waals surface area (Å²) in [5.74, 6) is -0.229. The number of rotatable bonds is 9. The van der Waals surface area contributed by atoms with E-state index in [1.165, 1.54) is 0 Å². The molecule has 1 amide bonds. The quantitative estimate of drug-likeness (QED) is 0.209. The van der Waals surface area contributed by atoms with Gasteiger partial charge in [-0.15, -0.1) is 6.58 Å². The summed E-state index contributed by atoms with van der Waals surface area (Å²) in [5.41, 5.74) is -1.53. The Morgan fingerprint density at radius 2 is 1.89 bits per heavy atom. The van der Waals surface area contributed by atoms with Crippen molar-refractivity contribution in [2.75, 3.05) is 6.61 Å². The van der Waals surface area contributed by atoms with Gasteiger partial charge in [0.1, 0.15) is 11.4 Å². The van der Waals surface area contributed by atoms with Crippen molar-refractivity contribution in [1.82, 2.24) is 5.32 Å². The molecule has 0 saturated heterocycles. The molecule has 5 nitrogen and oxygen atoms in total. The fraction of sp³-hybridized carbons (Fsp3) is 0.400. The molecular formula is C25H29F3INO4S. The van der Waals surface area contributed by atoms with Gasteiger partial charge in [-0.2, -0.15) is 13.2 Å². The molecule has 2 aromatic carbocycles. The Morgan fingerprint density at radius 3 is 2.43 bits per heavy atom. The number of benzene rings is 2. The second-order valence-corrected chi connectivity index (χ2v) is 11.4. The summed E-state index contributed by atoms with van der Waals surface area (Å²) in [5, 5.41) is 22.9. The minimum Gasteiger partial charge on any atom is -0.507 e. The van der Waals surface area contributed by atoms with Gasteiger partial charge in [-0.1, -0.05) is 23.9 Å². The lowest BCUT2D eigenvalue weighted by atomic mass is 9.88. The zero-order valence-corrected chi connectivity index (χ0v) is 22.7. The SMILES string of the molecule is C=CCC(CO)(CCc1ccc(Sc2cc(C(F)(F)F)ccc2O)cc1I)NC(=O)OC(C)(C)C. The number of alkyl halides is 3. The smallest absolute Gasteiger partial charge is 0.416 e. The van der Waals surface area contributed by atoms with Gasteiger partial charge in [0.15, 0.2) is 0 Å². The number of hydrogen-bond acceptors (Lipinski definition) is 5. The second kappa shape index (κ2) is 11.9. The van der Waals surface area contributed by atoms with Gasteiger partial charge < -0.3 is 20.3 Å². The molecule has 0 aliphatic heterocycles. The zero-order valence-electron chi connectivity index (χ0n) is 19.7. The lowest BCUT2D eigenvalue weighted by Gasteiger charge is -2.33. The van der Waals surface area contributed by atoms with E-state index in [-0.39, 0.29) is 17.3 Å². The van der Waals surface area contributed by atoms with E-state index >= 15 is 0 Å². The van der Waals surface area contributed by atoms with Gasteiger partial charge in [-0.05, 0) is 98.5 Å². The molecule has 0 heterocycles. The van der Waals surface area contributed by atoms with Crippen LogP contribution in [-0.2, 0) is 17.3 Å². The highest BCUT2D eigenvalue weighted by Crippen LogP contribution is 2.40. The van der Waals surface area contributed by atoms with E-state index < -0.39 is 29.0 Å². The predicted molar refractivity (Wildman–Crippen MR) is 139 cm³/mol. The number of carbonyl (C=O) groups is 1. The number of halogens is 4. The van der Waals surface area contributed by atoms with E-state index in [0.29, 0.717) is 24.2 Å². The summed E-state index contributed by atoms with van der Waals surface area (Å²) in [6.45, 7) is 8.68. The second-order valence-electron chi connectivity index (χ2n) is 9.09. The molecular weight excluding hydrogens is 594 g/mol. The Bertz CT molecular complexity index is 1060. The van der Waals surface area contributed by atoms with Crippen LogP contribution in [0.15, 0.2) is 58.8 Å². The number of aliphatic hydroxyl groups excluding tert-OH is 1. The molecule has 0 bridgehead atoms. The third-order valence-electron chi connectivity index (χ3n) is 5.02. The van der Waals surface area contributed by atoms with Crippen LogP contribution in [0.3, 0.4) is 0 Å². The molecule has 1 atom stereocenters. The fourth-order valence-corrected chi connectivity index (χ4v) is 5.18. The van der Waals surface area contributed by atoms with Crippen LogP contribution in [0.2, 0.25) is 0 Å². The molecule has 10 heteroatoms. The maximum atomic E-state index is 13.0. The number of hydrogen-bond donors (Lipinski definition) is 3. The molecule has 2 aromatic rings. The summed E-state index contributed by atoms with van der Waals surface area (Å²) in [6, 6.07) is 8.23. The van der Waals surface area contributed by atoms with Crippen LogP contribution in [0.4, 0.5) is 18.0 Å². The summed E-state index contributed by atoms with van der Waals surface area (Å²) >= 11 is 3.17. The Morgan fingerprint density at radius 1 is 1.20 bits per heavy atom. The van der Waals surface area contributed by atoms with Crippen molar-refractivity contribution in [1.29, 1.82) is 0 Å². The van der Waals surface area contributed by atoms with E-state index in [4.69, 9.17) is 4.74 Å². The highest BCUT2D eigenvalue weighted by Gasteiger charge is 2.33. The van der Waals surface area contributed by atoms with Crippen molar-refractivity contribution in [3.05, 3.63) is 63.8 Å². The van der Waals surface area contributed by atoms with Gasteiger partial charge in [0.05, 0.1) is 22.6 Å². The van der Waals surface area contributed by atoms with Crippen molar-refractivity contribution in [3.63, 3.8) is 0 Å². The standard InChI is InChI=1S/C25H29F3INO4S/c1-5-11-24(15-31,30-22(33)34-23(2,3)4)12-10-16-6-8-18(14-19(16)29)35-21-13-17(25(26,27)28)7-9-20(21)32/h5-9,13-14,31-32H,1,10-12,15H2,2-4H3,(H,30,33). The molecule has 0 fully saturated rings. The van der Waals surface area contributed by atoms with Gasteiger partial charge >= 0.3 is 12.3 Å². The Kier molecular flexibility index (Phi) is 9.95. The van der Waals surface area contributed by atoms with Crippen LogP contribution in [-0.4, -0.2) is 34.1 Å². The number of phenolic OH excluding ortho intramolecular Hbond substituents is 1. The maximum Gasteiger partial charge on any atom is 0.416 e. The summed E-state index contributed by atoms with van der Waals surface area (Å²) in [7, 11) is 0. The molecule has 0 aliphatic rings. The third-order valence-corrected chi connectivity index (χ3v) is 7.06. The number of alkyl carbamates (subject to hydrolysis) is 1. The van der Waals surface area contributed by atoms with E-state index in [1.807, 2.05) is 12.1 Å². The summed E-state index contributed by atoms with van der Waals surface area (Å²) in [6.07, 6.45) is -2.24. The first-order chi connectivity index (χ1) is 16.2. The van der Waals surface area contributed by atoms with E-state index in [9.17, 15) is 28.2 Å². The van der Waals surface area contributed by atoms with Crippen LogP contribution in [0.5, 0.6) is 5.75 Å². The van der Waals surface area contributed by atoms with Crippen LogP contribution in [0.25, 0.3) is 0 Å².